The van der Waals surface area contributed by atoms with E-state index in [9.17, 15) is 5.11 Å². The van der Waals surface area contributed by atoms with Gasteiger partial charge in [0, 0.05) is 15.7 Å². The molecule has 5 rings (SSSR count). The molecular formula is C34H35ClNNaOS. The number of thioether (sulfide) groups is 1. The van der Waals surface area contributed by atoms with Crippen molar-refractivity contribution in [3.8, 4) is 0 Å². The molecule has 1 aromatic heterocycles. The Morgan fingerprint density at radius 3 is 2.56 bits per heavy atom. The van der Waals surface area contributed by atoms with Gasteiger partial charge in [-0.3, -0.25) is 0 Å². The van der Waals surface area contributed by atoms with Gasteiger partial charge in [-0.25, -0.2) is 4.98 Å². The molecule has 1 atom stereocenters. The van der Waals surface area contributed by atoms with Crippen LogP contribution in [0.1, 0.15) is 66.3 Å². The van der Waals surface area contributed by atoms with E-state index in [-0.39, 0.29) is 35.0 Å². The predicted molar refractivity (Wildman–Crippen MR) is 164 cm³/mol. The summed E-state index contributed by atoms with van der Waals surface area (Å²) >= 11 is 8.20. The van der Waals surface area contributed by atoms with Crippen molar-refractivity contribution >= 4 is 46.4 Å². The van der Waals surface area contributed by atoms with Crippen LogP contribution in [0.3, 0.4) is 0 Å². The standard InChI is InChI=1S/C34H35ClNOS.Na/c1-33(2,37)30-10-5-4-8-25(30)14-18-32(38-23-34(3)19-20-34)27-9-6-7-24(21-27)11-16-29-17-13-26-12-15-28(35)22-31(26)36-29;/h4-13,15-17,21-22,32,37H,3,14,18-20,23H2,1-2H3;/q-1;+1/b16-11-;/t32-;/m1./s1. The van der Waals surface area contributed by atoms with Gasteiger partial charge >= 0.3 is 29.6 Å². The molecule has 4 aromatic rings. The van der Waals surface area contributed by atoms with Crippen LogP contribution >= 0.6 is 23.4 Å². The minimum absolute atomic E-state index is 0. The minimum Gasteiger partial charge on any atom is -0.386 e. The molecule has 0 bridgehead atoms. The smallest absolute Gasteiger partial charge is 0.386 e. The summed E-state index contributed by atoms with van der Waals surface area (Å²) in [6.45, 7) is 8.17. The maximum absolute atomic E-state index is 10.7. The summed E-state index contributed by atoms with van der Waals surface area (Å²) in [6.07, 6.45) is 8.58. The van der Waals surface area contributed by atoms with Crippen molar-refractivity contribution in [3.63, 3.8) is 0 Å². The number of fused-ring (bicyclic) bond motifs is 1. The maximum Gasteiger partial charge on any atom is 1.00 e. The molecule has 1 aliphatic rings. The number of hydrogen-bond acceptors (Lipinski definition) is 3. The first kappa shape index (κ1) is 30.4. The number of halogens is 1. The van der Waals surface area contributed by atoms with Gasteiger partial charge in [0.05, 0.1) is 16.8 Å². The predicted octanol–water partition coefficient (Wildman–Crippen LogP) is 6.31. The molecule has 0 aliphatic heterocycles. The largest absolute Gasteiger partial charge is 1.00 e. The number of nitrogens with zero attached hydrogens (tertiary/aromatic N) is 1. The fourth-order valence-corrected chi connectivity index (χ4v) is 6.44. The summed E-state index contributed by atoms with van der Waals surface area (Å²) < 4.78 is 0. The van der Waals surface area contributed by atoms with Gasteiger partial charge in [-0.05, 0) is 79.0 Å². The van der Waals surface area contributed by atoms with Gasteiger partial charge in [0.15, 0.2) is 0 Å². The van der Waals surface area contributed by atoms with Crippen molar-refractivity contribution in [1.29, 1.82) is 0 Å². The molecule has 1 aliphatic carbocycles. The van der Waals surface area contributed by atoms with Crippen molar-refractivity contribution in [3.05, 3.63) is 119 Å². The third kappa shape index (κ3) is 8.22. The summed E-state index contributed by atoms with van der Waals surface area (Å²) in [4.78, 5) is 4.76. The normalized spacial score (nSPS) is 15.3. The molecule has 1 saturated carbocycles. The van der Waals surface area contributed by atoms with Crippen LogP contribution in [-0.4, -0.2) is 15.8 Å². The van der Waals surface area contributed by atoms with Crippen molar-refractivity contribution in [2.24, 2.45) is 5.41 Å². The van der Waals surface area contributed by atoms with Crippen LogP contribution in [0.25, 0.3) is 23.1 Å². The Morgan fingerprint density at radius 1 is 1.03 bits per heavy atom. The number of aliphatic hydroxyl groups is 1. The Morgan fingerprint density at radius 2 is 1.79 bits per heavy atom. The molecule has 0 radical (unpaired) electrons. The van der Waals surface area contributed by atoms with Gasteiger partial charge in [0.2, 0.25) is 0 Å². The Bertz CT molecular complexity index is 1460. The van der Waals surface area contributed by atoms with Crippen LogP contribution in [0.15, 0.2) is 78.9 Å². The third-order valence-corrected chi connectivity index (χ3v) is 9.23. The second-order valence-electron chi connectivity index (χ2n) is 11.1. The number of benzene rings is 3. The Balaban J connectivity index is 0.00000353. The molecule has 0 saturated heterocycles. The van der Waals surface area contributed by atoms with Crippen LogP contribution in [0.2, 0.25) is 5.02 Å². The third-order valence-electron chi connectivity index (χ3n) is 7.30. The molecule has 0 unspecified atom stereocenters. The van der Waals surface area contributed by atoms with Crippen LogP contribution < -0.4 is 29.6 Å². The van der Waals surface area contributed by atoms with Gasteiger partial charge in [-0.2, -0.15) is 11.8 Å². The van der Waals surface area contributed by atoms with E-state index in [0.29, 0.717) is 10.3 Å². The van der Waals surface area contributed by atoms with Gasteiger partial charge in [0.25, 0.3) is 0 Å². The average molecular weight is 564 g/mol. The van der Waals surface area contributed by atoms with Crippen molar-refractivity contribution in [1.82, 2.24) is 4.98 Å². The average Bonchev–Trinajstić information content (AvgIpc) is 3.64. The second-order valence-corrected chi connectivity index (χ2v) is 12.8. The van der Waals surface area contributed by atoms with Crippen LogP contribution in [0.5, 0.6) is 0 Å². The van der Waals surface area contributed by atoms with E-state index in [2.05, 4.69) is 61.5 Å². The zero-order chi connectivity index (χ0) is 26.8. The monoisotopic (exact) mass is 563 g/mol. The molecular weight excluding hydrogens is 529 g/mol. The van der Waals surface area contributed by atoms with E-state index < -0.39 is 5.60 Å². The molecule has 3 aromatic carbocycles. The van der Waals surface area contributed by atoms with E-state index in [4.69, 9.17) is 16.6 Å². The Kier molecular flexibility index (Phi) is 10.1. The van der Waals surface area contributed by atoms with Gasteiger partial charge in [0.1, 0.15) is 0 Å². The topological polar surface area (TPSA) is 33.1 Å². The van der Waals surface area contributed by atoms with E-state index in [1.165, 1.54) is 24.0 Å². The zero-order valence-electron chi connectivity index (χ0n) is 23.2. The van der Waals surface area contributed by atoms with Gasteiger partial charge < -0.3 is 12.0 Å². The number of aryl methyl sites for hydroxylation is 1. The fraction of sp³-hybridized carbons (Fsp3) is 0.294. The molecule has 2 nitrogen and oxygen atoms in total. The van der Waals surface area contributed by atoms with Crippen LogP contribution in [-0.2, 0) is 12.0 Å². The summed E-state index contributed by atoms with van der Waals surface area (Å²) in [7, 11) is 0. The van der Waals surface area contributed by atoms with E-state index in [0.717, 1.165) is 46.3 Å². The molecule has 0 spiro atoms. The summed E-state index contributed by atoms with van der Waals surface area (Å²) in [5, 5.41) is 12.8. The van der Waals surface area contributed by atoms with E-state index in [1.807, 2.05) is 62.0 Å². The minimum atomic E-state index is -0.850. The second kappa shape index (κ2) is 12.9. The summed E-state index contributed by atoms with van der Waals surface area (Å²) in [5.41, 5.74) is 5.94. The molecule has 1 fully saturated rings. The summed E-state index contributed by atoms with van der Waals surface area (Å²) in [5.74, 6) is 1.08. The van der Waals surface area contributed by atoms with Crippen molar-refractivity contribution < 1.29 is 34.7 Å². The zero-order valence-corrected chi connectivity index (χ0v) is 26.7. The first-order chi connectivity index (χ1) is 18.2. The number of rotatable bonds is 10. The van der Waals surface area contributed by atoms with E-state index >= 15 is 0 Å². The Labute approximate surface area is 264 Å². The number of hydrogen-bond donors (Lipinski definition) is 1. The van der Waals surface area contributed by atoms with Crippen LogP contribution in [0.4, 0.5) is 0 Å². The molecule has 196 valence electrons. The fourth-order valence-electron chi connectivity index (χ4n) is 4.81. The molecule has 0 amide bonds. The SMILES string of the molecule is [CH2-]C1(CS[C@H](CCc2ccccc2C(C)(C)O)c2cccc(/C=C\c3ccc4ccc(Cl)cc4n3)c2)CC1.[Na+]. The van der Waals surface area contributed by atoms with Crippen molar-refractivity contribution in [2.45, 2.75) is 50.4 Å². The first-order valence-corrected chi connectivity index (χ1v) is 14.7. The quantitative estimate of drug-likeness (QED) is 0.181. The first-order valence-electron chi connectivity index (χ1n) is 13.3. The maximum atomic E-state index is 10.7. The van der Waals surface area contributed by atoms with Crippen molar-refractivity contribution in [2.75, 3.05) is 5.75 Å². The molecule has 39 heavy (non-hydrogen) atoms. The van der Waals surface area contributed by atoms with Gasteiger partial charge in [-0.15, -0.1) is 5.41 Å². The summed E-state index contributed by atoms with van der Waals surface area (Å²) in [6, 6.07) is 27.0. The van der Waals surface area contributed by atoms with E-state index in [1.54, 1.807) is 0 Å². The number of aromatic nitrogens is 1. The van der Waals surface area contributed by atoms with Crippen LogP contribution in [0, 0.1) is 12.3 Å². The number of pyridine rings is 1. The molecule has 1 heterocycles. The Hall–Kier alpha value is -1.59. The molecule has 1 N–H and O–H groups in total. The molecule has 5 heteroatoms. The van der Waals surface area contributed by atoms with Gasteiger partial charge in [-0.1, -0.05) is 91.2 Å².